The summed E-state index contributed by atoms with van der Waals surface area (Å²) in [4.78, 5) is 18.6. The largest absolute Gasteiger partial charge is 0.490 e. The van der Waals surface area contributed by atoms with E-state index in [0.717, 1.165) is 25.0 Å². The van der Waals surface area contributed by atoms with Crippen molar-refractivity contribution in [2.45, 2.75) is 38.3 Å². The molecule has 2 aromatic rings. The van der Waals surface area contributed by atoms with Crippen molar-refractivity contribution in [1.82, 2.24) is 15.0 Å². The Morgan fingerprint density at radius 3 is 3.08 bits per heavy atom. The molecule has 0 spiro atoms. The van der Waals surface area contributed by atoms with E-state index >= 15 is 0 Å². The van der Waals surface area contributed by atoms with Crippen LogP contribution in [0.15, 0.2) is 35.1 Å². The van der Waals surface area contributed by atoms with Gasteiger partial charge in [0.05, 0.1) is 18.3 Å². The van der Waals surface area contributed by atoms with Crippen LogP contribution in [0.1, 0.15) is 36.0 Å². The molecule has 0 unspecified atom stereocenters. The van der Waals surface area contributed by atoms with E-state index < -0.39 is 0 Å². The number of ether oxygens (including phenoxy) is 2. The number of carbonyl (C=O) groups excluding carboxylic acids is 1. The molecular weight excluding hydrogens is 322 g/mol. The molecule has 3 heterocycles. The van der Waals surface area contributed by atoms with E-state index in [4.69, 9.17) is 14.0 Å². The molecule has 0 radical (unpaired) electrons. The van der Waals surface area contributed by atoms with E-state index in [9.17, 15) is 4.79 Å². The lowest BCUT2D eigenvalue weighted by Crippen LogP contribution is -2.39. The fourth-order valence-corrected chi connectivity index (χ4v) is 3.00. The Bertz CT molecular complexity index is 689. The Balaban J connectivity index is 1.68. The molecule has 1 fully saturated rings. The predicted octanol–water partition coefficient (Wildman–Crippen LogP) is 2.33. The summed E-state index contributed by atoms with van der Waals surface area (Å²) in [6.07, 6.45) is 5.78. The third-order valence-electron chi connectivity index (χ3n) is 4.32. The Hall–Kier alpha value is -2.41. The van der Waals surface area contributed by atoms with Crippen LogP contribution >= 0.6 is 0 Å². The fraction of sp³-hybridized carbons (Fsp3) is 0.500. The Labute approximate surface area is 146 Å². The topological polar surface area (TPSA) is 77.7 Å². The van der Waals surface area contributed by atoms with Crippen LogP contribution in [-0.4, -0.2) is 53.4 Å². The number of methoxy groups -OCH3 is 1. The molecular formula is C18H23N3O4. The van der Waals surface area contributed by atoms with Gasteiger partial charge in [-0.15, -0.1) is 0 Å². The Morgan fingerprint density at radius 2 is 2.36 bits per heavy atom. The molecule has 0 bridgehead atoms. The third-order valence-corrected chi connectivity index (χ3v) is 4.32. The summed E-state index contributed by atoms with van der Waals surface area (Å²) in [5.41, 5.74) is 0.339. The predicted molar refractivity (Wildman–Crippen MR) is 90.5 cm³/mol. The fourth-order valence-electron chi connectivity index (χ4n) is 3.00. The zero-order chi connectivity index (χ0) is 17.6. The highest BCUT2D eigenvalue weighted by Gasteiger charge is 2.37. The molecule has 2 aromatic heterocycles. The SMILES string of the molecule is CCCc1cc(C(=O)N2C[C@H](OC)C[C@@H]2COc2cccnc2)no1. The van der Waals surface area contributed by atoms with Crippen molar-refractivity contribution in [2.24, 2.45) is 0 Å². The normalized spacial score (nSPS) is 20.0. The molecule has 1 amide bonds. The third kappa shape index (κ3) is 4.17. The van der Waals surface area contributed by atoms with Gasteiger partial charge in [-0.25, -0.2) is 0 Å². The minimum atomic E-state index is -0.148. The second kappa shape index (κ2) is 8.11. The van der Waals surface area contributed by atoms with Crippen LogP contribution in [0.3, 0.4) is 0 Å². The van der Waals surface area contributed by atoms with Crippen LogP contribution in [0.5, 0.6) is 5.75 Å². The van der Waals surface area contributed by atoms with E-state index in [1.165, 1.54) is 0 Å². The summed E-state index contributed by atoms with van der Waals surface area (Å²) in [7, 11) is 1.66. The summed E-state index contributed by atoms with van der Waals surface area (Å²) in [5.74, 6) is 1.27. The van der Waals surface area contributed by atoms with Gasteiger partial charge in [-0.2, -0.15) is 0 Å². The van der Waals surface area contributed by atoms with Crippen LogP contribution in [0.4, 0.5) is 0 Å². The molecule has 0 aromatic carbocycles. The van der Waals surface area contributed by atoms with E-state index in [1.807, 2.05) is 12.1 Å². The van der Waals surface area contributed by atoms with Gasteiger partial charge in [-0.1, -0.05) is 12.1 Å². The minimum Gasteiger partial charge on any atom is -0.490 e. The highest BCUT2D eigenvalue weighted by molar-refractivity contribution is 5.92. The van der Waals surface area contributed by atoms with Crippen molar-refractivity contribution in [3.05, 3.63) is 42.0 Å². The number of amides is 1. The van der Waals surface area contributed by atoms with Gasteiger partial charge in [0, 0.05) is 32.3 Å². The zero-order valence-electron chi connectivity index (χ0n) is 14.6. The Morgan fingerprint density at radius 1 is 1.48 bits per heavy atom. The second-order valence-electron chi connectivity index (χ2n) is 6.13. The van der Waals surface area contributed by atoms with Crippen LogP contribution in [-0.2, 0) is 11.2 Å². The summed E-state index contributed by atoms with van der Waals surface area (Å²) < 4.78 is 16.5. The van der Waals surface area contributed by atoms with Crippen molar-refractivity contribution >= 4 is 5.91 Å². The van der Waals surface area contributed by atoms with Crippen molar-refractivity contribution in [3.8, 4) is 5.75 Å². The lowest BCUT2D eigenvalue weighted by atomic mass is 10.2. The number of nitrogens with zero attached hydrogens (tertiary/aromatic N) is 3. The van der Waals surface area contributed by atoms with Gasteiger partial charge < -0.3 is 18.9 Å². The van der Waals surface area contributed by atoms with E-state index in [0.29, 0.717) is 24.6 Å². The number of aryl methyl sites for hydroxylation is 1. The lowest BCUT2D eigenvalue weighted by Gasteiger charge is -2.23. The first-order valence-corrected chi connectivity index (χ1v) is 8.53. The molecule has 0 saturated carbocycles. The summed E-state index contributed by atoms with van der Waals surface area (Å²) in [5, 5.41) is 3.93. The highest BCUT2D eigenvalue weighted by Crippen LogP contribution is 2.23. The molecule has 134 valence electrons. The van der Waals surface area contributed by atoms with Gasteiger partial charge in [-0.3, -0.25) is 9.78 Å². The second-order valence-corrected chi connectivity index (χ2v) is 6.13. The first kappa shape index (κ1) is 17.4. The van der Waals surface area contributed by atoms with Gasteiger partial charge in [-0.05, 0) is 25.0 Å². The first-order valence-electron chi connectivity index (χ1n) is 8.53. The van der Waals surface area contributed by atoms with Gasteiger partial charge in [0.2, 0.25) is 0 Å². The number of hydrogen-bond acceptors (Lipinski definition) is 6. The number of aromatic nitrogens is 2. The van der Waals surface area contributed by atoms with Crippen molar-refractivity contribution < 1.29 is 18.8 Å². The number of likely N-dealkylation sites (tertiary alicyclic amines) is 1. The number of carbonyl (C=O) groups is 1. The smallest absolute Gasteiger partial charge is 0.276 e. The van der Waals surface area contributed by atoms with Gasteiger partial charge in [0.1, 0.15) is 18.1 Å². The molecule has 3 rings (SSSR count). The van der Waals surface area contributed by atoms with E-state index in [1.54, 1.807) is 30.5 Å². The lowest BCUT2D eigenvalue weighted by molar-refractivity contribution is 0.0648. The minimum absolute atomic E-state index is 0.00605. The molecule has 7 heteroatoms. The first-order chi connectivity index (χ1) is 12.2. The van der Waals surface area contributed by atoms with Crippen LogP contribution in [0, 0.1) is 0 Å². The van der Waals surface area contributed by atoms with Crippen molar-refractivity contribution in [3.63, 3.8) is 0 Å². The van der Waals surface area contributed by atoms with Crippen molar-refractivity contribution in [1.29, 1.82) is 0 Å². The highest BCUT2D eigenvalue weighted by atomic mass is 16.5. The molecule has 2 atom stereocenters. The summed E-state index contributed by atoms with van der Waals surface area (Å²) in [6, 6.07) is 5.31. The zero-order valence-corrected chi connectivity index (χ0v) is 14.6. The monoisotopic (exact) mass is 345 g/mol. The average molecular weight is 345 g/mol. The number of hydrogen-bond donors (Lipinski definition) is 0. The molecule has 7 nitrogen and oxygen atoms in total. The average Bonchev–Trinajstić information content (AvgIpc) is 3.27. The Kier molecular flexibility index (Phi) is 5.65. The van der Waals surface area contributed by atoms with E-state index in [-0.39, 0.29) is 18.1 Å². The molecule has 1 aliphatic heterocycles. The van der Waals surface area contributed by atoms with Gasteiger partial charge >= 0.3 is 0 Å². The van der Waals surface area contributed by atoms with Crippen LogP contribution in [0.25, 0.3) is 0 Å². The van der Waals surface area contributed by atoms with Crippen LogP contribution in [0.2, 0.25) is 0 Å². The van der Waals surface area contributed by atoms with Gasteiger partial charge in [0.25, 0.3) is 5.91 Å². The molecule has 1 aliphatic rings. The van der Waals surface area contributed by atoms with E-state index in [2.05, 4.69) is 17.1 Å². The summed E-state index contributed by atoms with van der Waals surface area (Å²) in [6.45, 7) is 2.96. The maximum absolute atomic E-state index is 12.8. The molecule has 25 heavy (non-hydrogen) atoms. The number of rotatable bonds is 7. The summed E-state index contributed by atoms with van der Waals surface area (Å²) >= 11 is 0. The molecule has 1 saturated heterocycles. The van der Waals surface area contributed by atoms with Crippen molar-refractivity contribution in [2.75, 3.05) is 20.3 Å². The van der Waals surface area contributed by atoms with Gasteiger partial charge in [0.15, 0.2) is 5.69 Å². The molecule has 0 aliphatic carbocycles. The standard InChI is InChI=1S/C18H23N3O4/c1-3-5-14-9-17(20-25-14)18(22)21-11-16(23-2)8-13(21)12-24-15-6-4-7-19-10-15/h4,6-7,9-10,13,16H,3,5,8,11-12H2,1-2H3/t13-,16-/m1/s1. The van der Waals surface area contributed by atoms with Crippen LogP contribution < -0.4 is 4.74 Å². The quantitative estimate of drug-likeness (QED) is 0.766. The maximum atomic E-state index is 12.8. The maximum Gasteiger partial charge on any atom is 0.276 e. The molecule has 0 N–H and O–H groups in total. The number of pyridine rings is 1.